The normalized spacial score (nSPS) is 14.1. The molecule has 27 heavy (non-hydrogen) atoms. The molecule has 0 radical (unpaired) electrons. The quantitative estimate of drug-likeness (QED) is 0.302. The van der Waals surface area contributed by atoms with Gasteiger partial charge < -0.3 is 0 Å². The van der Waals surface area contributed by atoms with Crippen LogP contribution in [-0.4, -0.2) is 0 Å². The molecule has 0 unspecified atom stereocenters. The van der Waals surface area contributed by atoms with Gasteiger partial charge in [0.25, 0.3) is 0 Å². The fourth-order valence-electron chi connectivity index (χ4n) is 3.58. The highest BCUT2D eigenvalue weighted by Gasteiger charge is 2.15. The van der Waals surface area contributed by atoms with Crippen LogP contribution in [0.2, 0.25) is 0 Å². The molecule has 1 heteroatoms. The molecule has 0 fully saturated rings. The van der Waals surface area contributed by atoms with E-state index in [1.807, 2.05) is 13.8 Å². The fraction of sp³-hybridized carbons (Fsp3) is 0.462. The van der Waals surface area contributed by atoms with Crippen LogP contribution in [0.25, 0.3) is 5.57 Å². The van der Waals surface area contributed by atoms with E-state index in [0.29, 0.717) is 0 Å². The molecule has 1 aromatic carbocycles. The van der Waals surface area contributed by atoms with Crippen LogP contribution >= 0.6 is 0 Å². The molecule has 0 nitrogen and oxygen atoms in total. The van der Waals surface area contributed by atoms with Crippen molar-refractivity contribution in [3.63, 3.8) is 0 Å². The molecule has 0 atom stereocenters. The number of allylic oxidation sites excluding steroid dienone is 8. The molecule has 0 aliphatic carbocycles. The van der Waals surface area contributed by atoms with E-state index in [4.69, 9.17) is 0 Å². The van der Waals surface area contributed by atoms with Crippen molar-refractivity contribution >= 4 is 5.57 Å². The lowest BCUT2D eigenvalue weighted by Crippen LogP contribution is -2.00. The number of hydrogen-bond acceptors (Lipinski definition) is 0. The molecule has 1 rings (SSSR count). The molecule has 148 valence electrons. The first-order valence-electron chi connectivity index (χ1n) is 10.3. The van der Waals surface area contributed by atoms with E-state index in [0.717, 1.165) is 54.4 Å². The van der Waals surface area contributed by atoms with Gasteiger partial charge in [0.2, 0.25) is 0 Å². The van der Waals surface area contributed by atoms with Crippen LogP contribution < -0.4 is 0 Å². The lowest BCUT2D eigenvalue weighted by molar-refractivity contribution is 0.619. The van der Waals surface area contributed by atoms with Crippen LogP contribution in [0.1, 0.15) is 83.9 Å². The van der Waals surface area contributed by atoms with E-state index in [1.165, 1.54) is 16.7 Å². The SMILES string of the molecule is C\C=C/C(=C\CC)C(/CC/C(C)=C/C)=C(/C)c1c(C)cc(CCC)cc1F. The first-order valence-corrected chi connectivity index (χ1v) is 10.3. The van der Waals surface area contributed by atoms with Crippen molar-refractivity contribution in [2.45, 2.75) is 80.6 Å². The molecule has 0 N–H and O–H groups in total. The lowest BCUT2D eigenvalue weighted by Gasteiger charge is -2.18. The molecule has 0 saturated carbocycles. The summed E-state index contributed by atoms with van der Waals surface area (Å²) in [4.78, 5) is 0. The van der Waals surface area contributed by atoms with Crippen molar-refractivity contribution in [1.29, 1.82) is 0 Å². The number of rotatable bonds is 9. The Hall–Kier alpha value is -1.89. The third-order valence-corrected chi connectivity index (χ3v) is 5.09. The summed E-state index contributed by atoms with van der Waals surface area (Å²) >= 11 is 0. The highest BCUT2D eigenvalue weighted by atomic mass is 19.1. The fourth-order valence-corrected chi connectivity index (χ4v) is 3.58. The first kappa shape index (κ1) is 23.1. The van der Waals surface area contributed by atoms with Crippen molar-refractivity contribution in [2.24, 2.45) is 0 Å². The van der Waals surface area contributed by atoms with Crippen molar-refractivity contribution < 1.29 is 4.39 Å². The van der Waals surface area contributed by atoms with Crippen LogP contribution in [0, 0.1) is 12.7 Å². The van der Waals surface area contributed by atoms with E-state index < -0.39 is 0 Å². The van der Waals surface area contributed by atoms with Gasteiger partial charge in [0.05, 0.1) is 0 Å². The van der Waals surface area contributed by atoms with Crippen LogP contribution in [0.5, 0.6) is 0 Å². The molecule has 0 saturated heterocycles. The Bertz CT molecular complexity index is 718. The Kier molecular flexibility index (Phi) is 10.1. The van der Waals surface area contributed by atoms with E-state index in [9.17, 15) is 0 Å². The predicted molar refractivity (Wildman–Crippen MR) is 120 cm³/mol. The smallest absolute Gasteiger partial charge is 0.131 e. The lowest BCUT2D eigenvalue weighted by atomic mass is 9.87. The summed E-state index contributed by atoms with van der Waals surface area (Å²) in [6.45, 7) is 14.7. The zero-order valence-corrected chi connectivity index (χ0v) is 18.4. The summed E-state index contributed by atoms with van der Waals surface area (Å²) in [5, 5.41) is 0. The van der Waals surface area contributed by atoms with Gasteiger partial charge in [0.1, 0.15) is 5.82 Å². The first-order chi connectivity index (χ1) is 12.9. The molecular formula is C26H37F. The average Bonchev–Trinajstić information content (AvgIpc) is 2.61. The molecular weight excluding hydrogens is 331 g/mol. The molecule has 0 heterocycles. The summed E-state index contributed by atoms with van der Waals surface area (Å²) < 4.78 is 15.1. The summed E-state index contributed by atoms with van der Waals surface area (Å²) in [7, 11) is 0. The Balaban J connectivity index is 3.56. The van der Waals surface area contributed by atoms with Crippen molar-refractivity contribution in [2.75, 3.05) is 0 Å². The zero-order valence-electron chi connectivity index (χ0n) is 18.4. The number of hydrogen-bond donors (Lipinski definition) is 0. The zero-order chi connectivity index (χ0) is 20.4. The van der Waals surface area contributed by atoms with Gasteiger partial charge in [-0.05, 0) is 94.2 Å². The van der Waals surface area contributed by atoms with Crippen LogP contribution in [-0.2, 0) is 6.42 Å². The largest absolute Gasteiger partial charge is 0.206 e. The Morgan fingerprint density at radius 1 is 1.07 bits per heavy atom. The Labute approximate surface area is 166 Å². The molecule has 0 aromatic heterocycles. The maximum Gasteiger partial charge on any atom is 0.131 e. The average molecular weight is 369 g/mol. The van der Waals surface area contributed by atoms with Crippen LogP contribution in [0.4, 0.5) is 4.39 Å². The second kappa shape index (κ2) is 11.7. The molecule has 0 amide bonds. The van der Waals surface area contributed by atoms with Gasteiger partial charge in [-0.3, -0.25) is 0 Å². The number of halogens is 1. The molecule has 1 aromatic rings. The van der Waals surface area contributed by atoms with E-state index in [-0.39, 0.29) is 5.82 Å². The second-order valence-electron chi connectivity index (χ2n) is 7.33. The molecule has 0 aliphatic heterocycles. The topological polar surface area (TPSA) is 0 Å². The Morgan fingerprint density at radius 3 is 2.30 bits per heavy atom. The van der Waals surface area contributed by atoms with Gasteiger partial charge in [-0.2, -0.15) is 0 Å². The maximum absolute atomic E-state index is 15.1. The van der Waals surface area contributed by atoms with Gasteiger partial charge in [0.15, 0.2) is 0 Å². The van der Waals surface area contributed by atoms with E-state index in [2.05, 4.69) is 65.0 Å². The summed E-state index contributed by atoms with van der Waals surface area (Å²) in [5.41, 5.74) is 7.80. The third-order valence-electron chi connectivity index (χ3n) is 5.09. The monoisotopic (exact) mass is 368 g/mol. The van der Waals surface area contributed by atoms with Crippen LogP contribution in [0.15, 0.2) is 53.2 Å². The van der Waals surface area contributed by atoms with Crippen molar-refractivity contribution in [3.8, 4) is 0 Å². The third kappa shape index (κ3) is 6.65. The minimum atomic E-state index is -0.0902. The summed E-state index contributed by atoms with van der Waals surface area (Å²) in [5.74, 6) is -0.0902. The van der Waals surface area contributed by atoms with Gasteiger partial charge in [-0.15, -0.1) is 0 Å². The second-order valence-corrected chi connectivity index (χ2v) is 7.33. The van der Waals surface area contributed by atoms with Gasteiger partial charge in [-0.1, -0.05) is 56.2 Å². The Morgan fingerprint density at radius 2 is 1.78 bits per heavy atom. The molecule has 0 bridgehead atoms. The number of aryl methyl sites for hydroxylation is 2. The maximum atomic E-state index is 15.1. The predicted octanol–water partition coefficient (Wildman–Crippen LogP) is 8.52. The van der Waals surface area contributed by atoms with Gasteiger partial charge >= 0.3 is 0 Å². The minimum absolute atomic E-state index is 0.0902. The van der Waals surface area contributed by atoms with Crippen molar-refractivity contribution in [3.05, 3.63) is 75.7 Å². The molecule has 0 spiro atoms. The highest BCUT2D eigenvalue weighted by molar-refractivity contribution is 5.74. The van der Waals surface area contributed by atoms with Gasteiger partial charge in [-0.25, -0.2) is 4.39 Å². The number of benzene rings is 1. The van der Waals surface area contributed by atoms with Crippen LogP contribution in [0.3, 0.4) is 0 Å². The van der Waals surface area contributed by atoms with E-state index in [1.54, 1.807) is 6.07 Å². The minimum Gasteiger partial charge on any atom is -0.206 e. The molecule has 0 aliphatic rings. The summed E-state index contributed by atoms with van der Waals surface area (Å²) in [6, 6.07) is 3.88. The summed E-state index contributed by atoms with van der Waals surface area (Å²) in [6.07, 6.45) is 13.5. The van der Waals surface area contributed by atoms with Crippen molar-refractivity contribution in [1.82, 2.24) is 0 Å². The van der Waals surface area contributed by atoms with E-state index >= 15 is 4.39 Å². The highest BCUT2D eigenvalue weighted by Crippen LogP contribution is 2.33. The van der Waals surface area contributed by atoms with Gasteiger partial charge in [0, 0.05) is 5.56 Å². The standard InChI is InChI=1S/C26H37F/c1-8-12-22-17-20(6)26(25(27)18-22)21(7)24(16-15-19(5)11-4)23(13-9-2)14-10-3/h9,11,13-14,17-18H,8,10,12,15-16H2,1-7H3/b13-9-,19-11+,23-14+,24-21-.